The van der Waals surface area contributed by atoms with E-state index in [0.717, 1.165) is 24.8 Å². The number of fused-ring (bicyclic) bond motifs is 2. The number of ether oxygens (including phenoxy) is 3. The van der Waals surface area contributed by atoms with Crippen LogP contribution in [0.15, 0.2) is 42.5 Å². The molecule has 2 aromatic carbocycles. The summed E-state index contributed by atoms with van der Waals surface area (Å²) in [5, 5.41) is 3.02. The van der Waals surface area contributed by atoms with Crippen LogP contribution in [0.2, 0.25) is 0 Å². The summed E-state index contributed by atoms with van der Waals surface area (Å²) < 4.78 is 16.3. The molecule has 1 N–H and O–H groups in total. The van der Waals surface area contributed by atoms with E-state index in [1.165, 1.54) is 5.56 Å². The highest BCUT2D eigenvalue weighted by atomic mass is 16.6. The molecule has 0 fully saturated rings. The SMILES string of the molecule is C[C@@H](OC(=O)c1ccc2c(c1)OCCO2)C(=O)N[C@H]1CCCc2ccccc21. The van der Waals surface area contributed by atoms with Gasteiger partial charge in [-0.05, 0) is 55.5 Å². The van der Waals surface area contributed by atoms with Gasteiger partial charge in [-0.1, -0.05) is 24.3 Å². The maximum absolute atomic E-state index is 12.6. The number of hydrogen-bond donors (Lipinski definition) is 1. The summed E-state index contributed by atoms with van der Waals surface area (Å²) in [4.78, 5) is 25.0. The highest BCUT2D eigenvalue weighted by molar-refractivity contribution is 5.93. The molecule has 2 atom stereocenters. The number of benzene rings is 2. The van der Waals surface area contributed by atoms with Gasteiger partial charge in [-0.3, -0.25) is 4.79 Å². The monoisotopic (exact) mass is 381 g/mol. The topological polar surface area (TPSA) is 73.9 Å². The van der Waals surface area contributed by atoms with Gasteiger partial charge in [-0.15, -0.1) is 0 Å². The molecule has 4 rings (SSSR count). The molecule has 28 heavy (non-hydrogen) atoms. The van der Waals surface area contributed by atoms with Crippen molar-refractivity contribution in [2.24, 2.45) is 0 Å². The van der Waals surface area contributed by atoms with E-state index in [0.29, 0.717) is 30.3 Å². The molecule has 0 unspecified atom stereocenters. The maximum Gasteiger partial charge on any atom is 0.339 e. The number of aryl methyl sites for hydroxylation is 1. The van der Waals surface area contributed by atoms with Gasteiger partial charge in [-0.25, -0.2) is 4.79 Å². The fourth-order valence-electron chi connectivity index (χ4n) is 3.65. The zero-order valence-electron chi connectivity index (χ0n) is 15.8. The van der Waals surface area contributed by atoms with Crippen molar-refractivity contribution in [2.45, 2.75) is 38.3 Å². The molecule has 0 saturated carbocycles. The Labute approximate surface area is 163 Å². The van der Waals surface area contributed by atoms with Crippen LogP contribution in [0.4, 0.5) is 0 Å². The van der Waals surface area contributed by atoms with Crippen LogP contribution in [0, 0.1) is 0 Å². The predicted molar refractivity (Wildman–Crippen MR) is 103 cm³/mol. The molecule has 0 aromatic heterocycles. The number of hydrogen-bond acceptors (Lipinski definition) is 5. The van der Waals surface area contributed by atoms with Crippen molar-refractivity contribution < 1.29 is 23.8 Å². The van der Waals surface area contributed by atoms with Crippen molar-refractivity contribution in [3.8, 4) is 11.5 Å². The quantitative estimate of drug-likeness (QED) is 0.824. The van der Waals surface area contributed by atoms with Gasteiger partial charge in [0.15, 0.2) is 17.6 Å². The van der Waals surface area contributed by atoms with Gasteiger partial charge in [0.1, 0.15) is 13.2 Å². The van der Waals surface area contributed by atoms with E-state index in [2.05, 4.69) is 11.4 Å². The fourth-order valence-corrected chi connectivity index (χ4v) is 3.65. The van der Waals surface area contributed by atoms with Crippen LogP contribution >= 0.6 is 0 Å². The molecule has 0 saturated heterocycles. The van der Waals surface area contributed by atoms with Crippen molar-refractivity contribution in [1.29, 1.82) is 0 Å². The van der Waals surface area contributed by atoms with Crippen LogP contribution in [0.25, 0.3) is 0 Å². The Kier molecular flexibility index (Phi) is 5.19. The van der Waals surface area contributed by atoms with Crippen molar-refractivity contribution in [3.05, 3.63) is 59.2 Å². The Bertz CT molecular complexity index is 894. The van der Waals surface area contributed by atoms with E-state index in [1.807, 2.05) is 18.2 Å². The van der Waals surface area contributed by atoms with Gasteiger partial charge in [0.25, 0.3) is 5.91 Å². The minimum absolute atomic E-state index is 0.0482. The van der Waals surface area contributed by atoms with Crippen molar-refractivity contribution in [2.75, 3.05) is 13.2 Å². The second kappa shape index (κ2) is 7.92. The molecule has 1 amide bonds. The lowest BCUT2D eigenvalue weighted by Crippen LogP contribution is -2.39. The minimum Gasteiger partial charge on any atom is -0.486 e. The molecular weight excluding hydrogens is 358 g/mol. The molecule has 6 nitrogen and oxygen atoms in total. The van der Waals surface area contributed by atoms with Crippen molar-refractivity contribution >= 4 is 11.9 Å². The number of esters is 1. The van der Waals surface area contributed by atoms with E-state index in [1.54, 1.807) is 25.1 Å². The maximum atomic E-state index is 12.6. The Morgan fingerprint density at radius 1 is 1.11 bits per heavy atom. The molecule has 0 radical (unpaired) electrons. The first kappa shape index (κ1) is 18.3. The summed E-state index contributed by atoms with van der Waals surface area (Å²) in [5.74, 6) is 0.248. The number of amides is 1. The van der Waals surface area contributed by atoms with Crippen LogP contribution in [0.3, 0.4) is 0 Å². The molecule has 6 heteroatoms. The molecular formula is C22H23NO5. The molecule has 146 valence electrons. The van der Waals surface area contributed by atoms with Gasteiger partial charge in [0, 0.05) is 0 Å². The number of carbonyl (C=O) groups is 2. The summed E-state index contributed by atoms with van der Waals surface area (Å²) in [6.07, 6.45) is 2.03. The average molecular weight is 381 g/mol. The molecule has 0 spiro atoms. The zero-order valence-corrected chi connectivity index (χ0v) is 15.8. The Morgan fingerprint density at radius 3 is 2.75 bits per heavy atom. The Morgan fingerprint density at radius 2 is 1.89 bits per heavy atom. The summed E-state index contributed by atoms with van der Waals surface area (Å²) in [5.41, 5.74) is 2.74. The van der Waals surface area contributed by atoms with E-state index in [-0.39, 0.29) is 11.9 Å². The lowest BCUT2D eigenvalue weighted by atomic mass is 9.87. The third kappa shape index (κ3) is 3.81. The first-order chi connectivity index (χ1) is 13.6. The molecule has 1 aliphatic carbocycles. The van der Waals surface area contributed by atoms with Crippen LogP contribution in [0.1, 0.15) is 47.3 Å². The standard InChI is InChI=1S/C22H23NO5/c1-14(21(24)23-18-8-4-6-15-5-2-3-7-17(15)18)28-22(25)16-9-10-19-20(13-16)27-12-11-26-19/h2-3,5,7,9-10,13-14,18H,4,6,8,11-12H2,1H3,(H,23,24)/t14-,18+/m1/s1. The van der Waals surface area contributed by atoms with Crippen molar-refractivity contribution in [1.82, 2.24) is 5.32 Å². The highest BCUT2D eigenvalue weighted by Gasteiger charge is 2.26. The Balaban J connectivity index is 1.39. The smallest absolute Gasteiger partial charge is 0.339 e. The van der Waals surface area contributed by atoms with Crippen LogP contribution in [-0.4, -0.2) is 31.2 Å². The van der Waals surface area contributed by atoms with Crippen LogP contribution in [0.5, 0.6) is 11.5 Å². The second-order valence-corrected chi connectivity index (χ2v) is 7.06. The van der Waals surface area contributed by atoms with E-state index < -0.39 is 12.1 Å². The lowest BCUT2D eigenvalue weighted by molar-refractivity contribution is -0.130. The highest BCUT2D eigenvalue weighted by Crippen LogP contribution is 2.31. The molecule has 1 heterocycles. The molecule has 2 aromatic rings. The third-order valence-corrected chi connectivity index (χ3v) is 5.12. The Hall–Kier alpha value is -3.02. The van der Waals surface area contributed by atoms with Gasteiger partial charge >= 0.3 is 5.97 Å². The van der Waals surface area contributed by atoms with Crippen LogP contribution in [-0.2, 0) is 16.0 Å². The fraction of sp³-hybridized carbons (Fsp3) is 0.364. The molecule has 0 bridgehead atoms. The predicted octanol–water partition coefficient (Wildman–Crippen LogP) is 3.20. The van der Waals surface area contributed by atoms with Crippen molar-refractivity contribution in [3.63, 3.8) is 0 Å². The summed E-state index contributed by atoms with van der Waals surface area (Å²) >= 11 is 0. The first-order valence-corrected chi connectivity index (χ1v) is 9.60. The number of rotatable bonds is 4. The van der Waals surface area contributed by atoms with E-state index >= 15 is 0 Å². The number of nitrogens with one attached hydrogen (secondary N) is 1. The first-order valence-electron chi connectivity index (χ1n) is 9.60. The third-order valence-electron chi connectivity index (χ3n) is 5.12. The van der Waals surface area contributed by atoms with Gasteiger partial charge in [0.2, 0.25) is 0 Å². The van der Waals surface area contributed by atoms with Crippen LogP contribution < -0.4 is 14.8 Å². The van der Waals surface area contributed by atoms with E-state index in [4.69, 9.17) is 14.2 Å². The molecule has 2 aliphatic rings. The van der Waals surface area contributed by atoms with E-state index in [9.17, 15) is 9.59 Å². The zero-order chi connectivity index (χ0) is 19.5. The number of carbonyl (C=O) groups excluding carboxylic acids is 2. The van der Waals surface area contributed by atoms with Gasteiger partial charge in [0.05, 0.1) is 11.6 Å². The van der Waals surface area contributed by atoms with Gasteiger partial charge < -0.3 is 19.5 Å². The summed E-state index contributed by atoms with van der Waals surface area (Å²) in [7, 11) is 0. The average Bonchev–Trinajstić information content (AvgIpc) is 2.73. The molecule has 1 aliphatic heterocycles. The summed E-state index contributed by atoms with van der Waals surface area (Å²) in [6, 6.07) is 13.0. The minimum atomic E-state index is -0.894. The lowest BCUT2D eigenvalue weighted by Gasteiger charge is -2.27. The largest absolute Gasteiger partial charge is 0.486 e. The van der Waals surface area contributed by atoms with Gasteiger partial charge in [-0.2, -0.15) is 0 Å². The second-order valence-electron chi connectivity index (χ2n) is 7.06. The summed E-state index contributed by atoms with van der Waals surface area (Å²) in [6.45, 7) is 2.51. The normalized spacial score (nSPS) is 18.5.